The highest BCUT2D eigenvalue weighted by molar-refractivity contribution is 5.81. The van der Waals surface area contributed by atoms with Crippen molar-refractivity contribution in [2.24, 2.45) is 22.4 Å². The summed E-state index contributed by atoms with van der Waals surface area (Å²) in [6.07, 6.45) is 3.42. The Morgan fingerprint density at radius 3 is 2.39 bits per heavy atom. The molecule has 0 aliphatic heterocycles. The highest BCUT2D eigenvalue weighted by Gasteiger charge is 2.61. The Balaban J connectivity index is 2.64. The monoisotopic (exact) mass is 253 g/mol. The van der Waals surface area contributed by atoms with Gasteiger partial charge in [-0.05, 0) is 23.8 Å². The maximum absolute atomic E-state index is 11.5. The number of ether oxygens (including phenoxy) is 1. The second-order valence-corrected chi connectivity index (χ2v) is 5.08. The van der Waals surface area contributed by atoms with Gasteiger partial charge in [-0.15, -0.1) is 0 Å². The molecule has 0 aromatic rings. The van der Waals surface area contributed by atoms with Crippen molar-refractivity contribution in [1.82, 2.24) is 0 Å². The fraction of sp³-hybridized carbons (Fsp3) is 0.615. The minimum Gasteiger partial charge on any atom is -0.469 e. The fourth-order valence-electron chi connectivity index (χ4n) is 2.08. The van der Waals surface area contributed by atoms with E-state index in [0.717, 1.165) is 5.57 Å². The first-order valence-corrected chi connectivity index (χ1v) is 5.78. The lowest BCUT2D eigenvalue weighted by atomic mass is 10.1. The van der Waals surface area contributed by atoms with Gasteiger partial charge in [-0.2, -0.15) is 0 Å². The van der Waals surface area contributed by atoms with Crippen molar-refractivity contribution in [1.29, 1.82) is 0 Å². The van der Waals surface area contributed by atoms with E-state index in [1.807, 2.05) is 26.8 Å². The van der Waals surface area contributed by atoms with Crippen molar-refractivity contribution in [2.75, 3.05) is 7.11 Å². The van der Waals surface area contributed by atoms with E-state index in [9.17, 15) is 9.59 Å². The quantitative estimate of drug-likeness (QED) is 0.332. The van der Waals surface area contributed by atoms with Crippen LogP contribution in [0, 0.1) is 17.3 Å². The molecule has 0 bridgehead atoms. The third-order valence-corrected chi connectivity index (χ3v) is 3.25. The summed E-state index contributed by atoms with van der Waals surface area (Å²) >= 11 is 0. The Kier molecular flexibility index (Phi) is 4.27. The second-order valence-electron chi connectivity index (χ2n) is 5.08. The van der Waals surface area contributed by atoms with Gasteiger partial charge in [0.1, 0.15) is 0 Å². The van der Waals surface area contributed by atoms with Crippen molar-refractivity contribution >= 4 is 18.2 Å². The maximum Gasteiger partial charge on any atom is 0.331 e. The van der Waals surface area contributed by atoms with Crippen molar-refractivity contribution in [3.8, 4) is 0 Å². The molecule has 1 saturated carbocycles. The average Bonchev–Trinajstić information content (AvgIpc) is 2.78. The highest BCUT2D eigenvalue weighted by Crippen LogP contribution is 2.59. The van der Waals surface area contributed by atoms with Crippen LogP contribution in [-0.4, -0.2) is 25.3 Å². The zero-order valence-corrected chi connectivity index (χ0v) is 11.4. The molecule has 0 unspecified atom stereocenters. The van der Waals surface area contributed by atoms with E-state index in [4.69, 9.17) is 4.74 Å². The number of allylic oxidation sites excluding steroid dienone is 2. The lowest BCUT2D eigenvalue weighted by molar-refractivity contribution is -0.143. The molecule has 1 aliphatic rings. The number of hydrogen-bond donors (Lipinski definition) is 0. The van der Waals surface area contributed by atoms with Crippen molar-refractivity contribution in [3.05, 3.63) is 11.6 Å². The van der Waals surface area contributed by atoms with Crippen LogP contribution in [0.25, 0.3) is 0 Å². The van der Waals surface area contributed by atoms with Crippen molar-refractivity contribution < 1.29 is 19.2 Å². The third-order valence-electron chi connectivity index (χ3n) is 3.25. The second kappa shape index (κ2) is 5.33. The summed E-state index contributed by atoms with van der Waals surface area (Å²) < 4.78 is 4.76. The van der Waals surface area contributed by atoms with Crippen LogP contribution < -0.4 is 0 Å². The molecule has 1 rings (SSSR count). The van der Waals surface area contributed by atoms with Gasteiger partial charge in [0.25, 0.3) is 0 Å². The van der Waals surface area contributed by atoms with E-state index in [1.54, 1.807) is 0 Å². The van der Waals surface area contributed by atoms with Crippen LogP contribution in [0.4, 0.5) is 0 Å². The zero-order chi connectivity index (χ0) is 13.9. The molecule has 0 aromatic carbocycles. The SMILES string of the molecule is COC(=O)[C@@H]1[C@@H](/C=C(\C)C=NOC(C)=O)C1(C)C. The molecule has 1 aliphatic carbocycles. The normalized spacial score (nSPS) is 25.9. The molecule has 0 radical (unpaired) electrons. The van der Waals surface area contributed by atoms with E-state index in [-0.39, 0.29) is 23.2 Å². The number of nitrogens with zero attached hydrogens (tertiary/aromatic N) is 1. The number of methoxy groups -OCH3 is 1. The summed E-state index contributed by atoms with van der Waals surface area (Å²) in [5.41, 5.74) is 0.754. The summed E-state index contributed by atoms with van der Waals surface area (Å²) in [6.45, 7) is 7.17. The Labute approximate surface area is 107 Å². The van der Waals surface area contributed by atoms with Crippen LogP contribution >= 0.6 is 0 Å². The zero-order valence-electron chi connectivity index (χ0n) is 11.4. The fourth-order valence-corrected chi connectivity index (χ4v) is 2.08. The summed E-state index contributed by atoms with van der Waals surface area (Å²) in [5, 5.41) is 3.53. The van der Waals surface area contributed by atoms with Gasteiger partial charge in [0.05, 0.1) is 19.2 Å². The maximum atomic E-state index is 11.5. The molecule has 2 atom stereocenters. The van der Waals surface area contributed by atoms with Crippen molar-refractivity contribution in [2.45, 2.75) is 27.7 Å². The van der Waals surface area contributed by atoms with E-state index in [1.165, 1.54) is 20.2 Å². The third kappa shape index (κ3) is 3.18. The number of oxime groups is 1. The molecular formula is C13H19NO4. The standard InChI is InChI=1S/C13H19NO4/c1-8(7-14-18-9(2)15)6-10-11(12(16)17-5)13(10,3)4/h6-7,10-11H,1-5H3/b8-6+,14-7?/t10-,11+/m1/s1. The lowest BCUT2D eigenvalue weighted by Crippen LogP contribution is -2.07. The summed E-state index contributed by atoms with van der Waals surface area (Å²) in [7, 11) is 1.40. The molecule has 0 spiro atoms. The summed E-state index contributed by atoms with van der Waals surface area (Å²) in [5.74, 6) is -0.627. The van der Waals surface area contributed by atoms with E-state index < -0.39 is 5.97 Å². The first-order valence-electron chi connectivity index (χ1n) is 5.78. The van der Waals surface area contributed by atoms with Crippen LogP contribution in [0.1, 0.15) is 27.7 Å². The molecule has 18 heavy (non-hydrogen) atoms. The number of carbonyl (C=O) groups excluding carboxylic acids is 2. The molecule has 100 valence electrons. The van der Waals surface area contributed by atoms with Gasteiger partial charge >= 0.3 is 11.9 Å². The topological polar surface area (TPSA) is 65.0 Å². The van der Waals surface area contributed by atoms with E-state index >= 15 is 0 Å². The highest BCUT2D eigenvalue weighted by atomic mass is 16.7. The van der Waals surface area contributed by atoms with Gasteiger partial charge in [-0.3, -0.25) is 4.79 Å². The summed E-state index contributed by atoms with van der Waals surface area (Å²) in [6, 6.07) is 0. The lowest BCUT2D eigenvalue weighted by Gasteiger charge is -1.99. The number of carbonyl (C=O) groups is 2. The van der Waals surface area contributed by atoms with Crippen LogP contribution in [-0.2, 0) is 19.2 Å². The Morgan fingerprint density at radius 2 is 1.89 bits per heavy atom. The molecule has 0 amide bonds. The van der Waals surface area contributed by atoms with Crippen LogP contribution in [0.15, 0.2) is 16.8 Å². The van der Waals surface area contributed by atoms with E-state index in [2.05, 4.69) is 9.99 Å². The van der Waals surface area contributed by atoms with Crippen LogP contribution in [0.5, 0.6) is 0 Å². The van der Waals surface area contributed by atoms with Gasteiger partial charge in [0.15, 0.2) is 0 Å². The van der Waals surface area contributed by atoms with Gasteiger partial charge < -0.3 is 9.57 Å². The Morgan fingerprint density at radius 1 is 1.28 bits per heavy atom. The smallest absolute Gasteiger partial charge is 0.331 e. The van der Waals surface area contributed by atoms with Gasteiger partial charge in [0, 0.05) is 6.92 Å². The Hall–Kier alpha value is -1.65. The van der Waals surface area contributed by atoms with Gasteiger partial charge in [-0.25, -0.2) is 4.79 Å². The predicted molar refractivity (Wildman–Crippen MR) is 66.8 cm³/mol. The minimum atomic E-state index is -0.460. The largest absolute Gasteiger partial charge is 0.469 e. The average molecular weight is 253 g/mol. The first-order chi connectivity index (χ1) is 8.30. The van der Waals surface area contributed by atoms with Crippen LogP contribution in [0.2, 0.25) is 0 Å². The van der Waals surface area contributed by atoms with Gasteiger partial charge in [0.2, 0.25) is 0 Å². The van der Waals surface area contributed by atoms with Crippen molar-refractivity contribution in [3.63, 3.8) is 0 Å². The number of rotatable bonds is 4. The molecule has 0 aromatic heterocycles. The van der Waals surface area contributed by atoms with E-state index in [0.29, 0.717) is 0 Å². The van der Waals surface area contributed by atoms with Gasteiger partial charge in [-0.1, -0.05) is 25.1 Å². The molecule has 0 N–H and O–H groups in total. The predicted octanol–water partition coefficient (Wildman–Crippen LogP) is 1.93. The summed E-state index contributed by atoms with van der Waals surface area (Å²) in [4.78, 5) is 26.5. The Bertz CT molecular complexity index is 409. The minimum absolute atomic E-state index is 0.0936. The van der Waals surface area contributed by atoms with Crippen LogP contribution in [0.3, 0.4) is 0 Å². The molecule has 5 heteroatoms. The number of esters is 1. The molecular weight excluding hydrogens is 234 g/mol. The molecule has 0 saturated heterocycles. The molecule has 0 heterocycles. The number of hydrogen-bond acceptors (Lipinski definition) is 5. The molecule has 1 fully saturated rings. The first kappa shape index (κ1) is 14.4. The molecule has 5 nitrogen and oxygen atoms in total.